The zero-order valence-corrected chi connectivity index (χ0v) is 12.4. The van der Waals surface area contributed by atoms with E-state index in [0.29, 0.717) is 23.4 Å². The first-order valence-corrected chi connectivity index (χ1v) is 6.72. The number of phenolic OH excluding ortho intramolecular Hbond substituents is 1. The van der Waals surface area contributed by atoms with Crippen LogP contribution in [0.15, 0.2) is 40.9 Å². The van der Waals surface area contributed by atoms with Crippen LogP contribution in [0.2, 0.25) is 0 Å². The lowest BCUT2D eigenvalue weighted by atomic mass is 10.1. The molecule has 0 heterocycles. The van der Waals surface area contributed by atoms with Crippen molar-refractivity contribution in [3.63, 3.8) is 0 Å². The van der Waals surface area contributed by atoms with Gasteiger partial charge in [-0.15, -0.1) is 0 Å². The maximum Gasteiger partial charge on any atom is 0.120 e. The lowest BCUT2D eigenvalue weighted by molar-refractivity contribution is 0.411. The van der Waals surface area contributed by atoms with Crippen molar-refractivity contribution in [3.8, 4) is 17.6 Å². The second kappa shape index (κ2) is 6.31. The first-order chi connectivity index (χ1) is 9.63. The third-order valence-electron chi connectivity index (χ3n) is 2.86. The second-order valence-electron chi connectivity index (χ2n) is 4.15. The van der Waals surface area contributed by atoms with Gasteiger partial charge in [0.2, 0.25) is 0 Å². The molecule has 2 rings (SSSR count). The molecule has 2 aromatic rings. The summed E-state index contributed by atoms with van der Waals surface area (Å²) in [6.45, 7) is 0.402. The molecule has 0 aromatic heterocycles. The molecule has 0 aliphatic rings. The number of aromatic hydroxyl groups is 1. The molecule has 0 saturated heterocycles. The van der Waals surface area contributed by atoms with Crippen molar-refractivity contribution in [1.29, 1.82) is 5.26 Å². The van der Waals surface area contributed by atoms with Gasteiger partial charge in [0, 0.05) is 16.6 Å². The van der Waals surface area contributed by atoms with Gasteiger partial charge in [0.25, 0.3) is 0 Å². The van der Waals surface area contributed by atoms with Gasteiger partial charge in [-0.2, -0.15) is 5.26 Å². The van der Waals surface area contributed by atoms with E-state index in [1.54, 1.807) is 31.4 Å². The molecule has 0 unspecified atom stereocenters. The minimum Gasteiger partial charge on any atom is -0.508 e. The molecule has 4 nitrogen and oxygen atoms in total. The zero-order valence-electron chi connectivity index (χ0n) is 10.9. The van der Waals surface area contributed by atoms with Gasteiger partial charge in [-0.3, -0.25) is 0 Å². The van der Waals surface area contributed by atoms with E-state index in [1.165, 1.54) is 0 Å². The van der Waals surface area contributed by atoms with Crippen LogP contribution >= 0.6 is 15.9 Å². The topological polar surface area (TPSA) is 65.3 Å². The summed E-state index contributed by atoms with van der Waals surface area (Å²) in [6, 6.07) is 12.6. The van der Waals surface area contributed by atoms with Crippen molar-refractivity contribution < 1.29 is 9.84 Å². The molecule has 20 heavy (non-hydrogen) atoms. The molecule has 0 spiro atoms. The Morgan fingerprint density at radius 2 is 2.10 bits per heavy atom. The van der Waals surface area contributed by atoms with Crippen LogP contribution in [0.1, 0.15) is 11.1 Å². The van der Waals surface area contributed by atoms with Crippen LogP contribution in [-0.4, -0.2) is 12.2 Å². The molecule has 2 aromatic carbocycles. The van der Waals surface area contributed by atoms with E-state index < -0.39 is 0 Å². The summed E-state index contributed by atoms with van der Waals surface area (Å²) in [5.74, 6) is 0.866. The highest BCUT2D eigenvalue weighted by Crippen LogP contribution is 2.25. The summed E-state index contributed by atoms with van der Waals surface area (Å²) in [5, 5.41) is 22.0. The molecule has 0 aliphatic carbocycles. The van der Waals surface area contributed by atoms with Crippen LogP contribution in [0, 0.1) is 11.3 Å². The minimum absolute atomic E-state index is 0.189. The zero-order chi connectivity index (χ0) is 14.5. The van der Waals surface area contributed by atoms with E-state index in [-0.39, 0.29) is 5.75 Å². The van der Waals surface area contributed by atoms with Crippen molar-refractivity contribution in [2.24, 2.45) is 0 Å². The Bertz CT molecular complexity index is 665. The fourth-order valence-corrected chi connectivity index (χ4v) is 2.15. The number of nitrogens with one attached hydrogen (secondary N) is 1. The molecule has 0 saturated carbocycles. The van der Waals surface area contributed by atoms with E-state index >= 15 is 0 Å². The average molecular weight is 333 g/mol. The van der Waals surface area contributed by atoms with Crippen molar-refractivity contribution >= 4 is 21.6 Å². The number of nitriles is 1. The number of methoxy groups -OCH3 is 1. The van der Waals surface area contributed by atoms with Crippen LogP contribution in [0.5, 0.6) is 11.5 Å². The molecule has 0 radical (unpaired) electrons. The quantitative estimate of drug-likeness (QED) is 0.896. The van der Waals surface area contributed by atoms with Gasteiger partial charge in [0.1, 0.15) is 17.6 Å². The van der Waals surface area contributed by atoms with Crippen LogP contribution in [0.25, 0.3) is 0 Å². The Kier molecular flexibility index (Phi) is 4.49. The summed E-state index contributed by atoms with van der Waals surface area (Å²) in [5.41, 5.74) is 1.97. The third-order valence-corrected chi connectivity index (χ3v) is 3.35. The fraction of sp³-hybridized carbons (Fsp3) is 0.133. The highest BCUT2D eigenvalue weighted by atomic mass is 79.9. The van der Waals surface area contributed by atoms with Gasteiger partial charge in [0.15, 0.2) is 0 Å². The molecule has 0 atom stereocenters. The van der Waals surface area contributed by atoms with Gasteiger partial charge < -0.3 is 15.2 Å². The molecule has 2 N–H and O–H groups in total. The molecule has 0 amide bonds. The van der Waals surface area contributed by atoms with E-state index in [1.807, 2.05) is 12.1 Å². The lowest BCUT2D eigenvalue weighted by Gasteiger charge is -2.11. The first-order valence-electron chi connectivity index (χ1n) is 5.93. The van der Waals surface area contributed by atoms with Crippen LogP contribution < -0.4 is 10.1 Å². The number of halogens is 1. The Hall–Kier alpha value is -2.19. The molecular weight excluding hydrogens is 320 g/mol. The second-order valence-corrected chi connectivity index (χ2v) is 5.07. The number of anilines is 1. The summed E-state index contributed by atoms with van der Waals surface area (Å²) in [6.07, 6.45) is 0. The van der Waals surface area contributed by atoms with E-state index in [9.17, 15) is 5.11 Å². The number of rotatable bonds is 4. The summed E-state index contributed by atoms with van der Waals surface area (Å²) >= 11 is 3.33. The van der Waals surface area contributed by atoms with Crippen molar-refractivity contribution in [3.05, 3.63) is 52.0 Å². The van der Waals surface area contributed by atoms with Gasteiger partial charge >= 0.3 is 0 Å². The minimum atomic E-state index is 0.189. The van der Waals surface area contributed by atoms with Gasteiger partial charge in [-0.25, -0.2) is 0 Å². The normalized spacial score (nSPS) is 9.85. The highest BCUT2D eigenvalue weighted by Gasteiger charge is 2.06. The Balaban J connectivity index is 2.19. The summed E-state index contributed by atoms with van der Waals surface area (Å²) < 4.78 is 5.98. The van der Waals surface area contributed by atoms with E-state index in [2.05, 4.69) is 27.3 Å². The van der Waals surface area contributed by atoms with Crippen LogP contribution in [0.4, 0.5) is 5.69 Å². The average Bonchev–Trinajstić information content (AvgIpc) is 2.47. The number of benzene rings is 2. The van der Waals surface area contributed by atoms with Crippen molar-refractivity contribution in [1.82, 2.24) is 0 Å². The fourth-order valence-electron chi connectivity index (χ4n) is 1.78. The molecule has 0 bridgehead atoms. The lowest BCUT2D eigenvalue weighted by Crippen LogP contribution is -2.02. The van der Waals surface area contributed by atoms with Gasteiger partial charge in [-0.1, -0.05) is 15.9 Å². The summed E-state index contributed by atoms with van der Waals surface area (Å²) in [4.78, 5) is 0. The van der Waals surface area contributed by atoms with Crippen molar-refractivity contribution in [2.45, 2.75) is 6.54 Å². The Morgan fingerprint density at radius 1 is 1.30 bits per heavy atom. The predicted octanol–water partition coefficient (Wildman–Crippen LogP) is 3.65. The third kappa shape index (κ3) is 3.22. The number of phenols is 1. The smallest absolute Gasteiger partial charge is 0.120 e. The molecular formula is C15H13BrN2O2. The van der Waals surface area contributed by atoms with Gasteiger partial charge in [0.05, 0.1) is 18.4 Å². The molecule has 0 aliphatic heterocycles. The number of hydrogen-bond donors (Lipinski definition) is 2. The van der Waals surface area contributed by atoms with Gasteiger partial charge in [-0.05, 0) is 36.4 Å². The first kappa shape index (κ1) is 14.2. The number of ether oxygens (including phenoxy) is 1. The Labute approximate surface area is 125 Å². The van der Waals surface area contributed by atoms with Crippen LogP contribution in [0.3, 0.4) is 0 Å². The maximum absolute atomic E-state index is 9.81. The van der Waals surface area contributed by atoms with Crippen LogP contribution in [-0.2, 0) is 6.54 Å². The molecule has 5 heteroatoms. The molecule has 0 fully saturated rings. The SMILES string of the molecule is COc1ccc(O)c(CNc2ccc(Br)cc2C#N)c1. The maximum atomic E-state index is 9.81. The largest absolute Gasteiger partial charge is 0.508 e. The number of hydrogen-bond acceptors (Lipinski definition) is 4. The van der Waals surface area contributed by atoms with E-state index in [0.717, 1.165) is 10.2 Å². The highest BCUT2D eigenvalue weighted by molar-refractivity contribution is 9.10. The predicted molar refractivity (Wildman–Crippen MR) is 80.8 cm³/mol. The standard InChI is InChI=1S/C15H13BrN2O2/c1-20-13-3-5-15(19)11(7-13)9-18-14-4-2-12(16)6-10(14)8-17/h2-7,18-19H,9H2,1H3. The molecule has 102 valence electrons. The number of nitrogens with zero attached hydrogens (tertiary/aromatic N) is 1. The summed E-state index contributed by atoms with van der Waals surface area (Å²) in [7, 11) is 1.58. The monoisotopic (exact) mass is 332 g/mol. The van der Waals surface area contributed by atoms with Crippen molar-refractivity contribution in [2.75, 3.05) is 12.4 Å². The van der Waals surface area contributed by atoms with E-state index in [4.69, 9.17) is 10.00 Å². The Morgan fingerprint density at radius 3 is 2.80 bits per heavy atom.